The highest BCUT2D eigenvalue weighted by Crippen LogP contribution is 2.28. The van der Waals surface area contributed by atoms with E-state index in [4.69, 9.17) is 4.74 Å². The molecule has 116 valence electrons. The quantitative estimate of drug-likeness (QED) is 0.804. The van der Waals surface area contributed by atoms with Gasteiger partial charge < -0.3 is 9.47 Å². The molecule has 0 aliphatic heterocycles. The van der Waals surface area contributed by atoms with E-state index in [1.807, 2.05) is 24.3 Å². The molecule has 2 aromatic carbocycles. The highest BCUT2D eigenvalue weighted by Gasteiger charge is 2.11. The molecule has 0 saturated carbocycles. The van der Waals surface area contributed by atoms with Gasteiger partial charge in [-0.05, 0) is 33.9 Å². The molecule has 1 aliphatic rings. The molecule has 23 heavy (non-hydrogen) atoms. The Bertz CT molecular complexity index is 772. The summed E-state index contributed by atoms with van der Waals surface area (Å²) in [6, 6.07) is 16.4. The molecule has 0 fully saturated rings. The first-order chi connectivity index (χ1) is 11.3. The third-order valence-corrected chi connectivity index (χ3v) is 3.78. The molecular formula is C20H18O3. The van der Waals surface area contributed by atoms with Gasteiger partial charge >= 0.3 is 5.97 Å². The van der Waals surface area contributed by atoms with E-state index in [0.29, 0.717) is 6.61 Å². The smallest absolute Gasteiger partial charge is 0.331 e. The van der Waals surface area contributed by atoms with Crippen molar-refractivity contribution in [3.63, 3.8) is 0 Å². The predicted molar refractivity (Wildman–Crippen MR) is 92.5 cm³/mol. The highest BCUT2D eigenvalue weighted by molar-refractivity contribution is 5.92. The van der Waals surface area contributed by atoms with Gasteiger partial charge in [0.25, 0.3) is 0 Å². The number of rotatable bonds is 4. The van der Waals surface area contributed by atoms with E-state index < -0.39 is 0 Å². The molecular weight excluding hydrogens is 288 g/mol. The molecule has 0 amide bonds. The van der Waals surface area contributed by atoms with Crippen LogP contribution in [-0.2, 0) is 14.3 Å². The summed E-state index contributed by atoms with van der Waals surface area (Å²) < 4.78 is 10.1. The Morgan fingerprint density at radius 1 is 0.913 bits per heavy atom. The van der Waals surface area contributed by atoms with Gasteiger partial charge in [0, 0.05) is 0 Å². The lowest BCUT2D eigenvalue weighted by molar-refractivity contribution is -0.145. The summed E-state index contributed by atoms with van der Waals surface area (Å²) in [4.78, 5) is 11.2. The van der Waals surface area contributed by atoms with Crippen LogP contribution in [0.5, 0.6) is 0 Å². The molecule has 0 N–H and O–H groups in total. The minimum absolute atomic E-state index is 0.0481. The summed E-state index contributed by atoms with van der Waals surface area (Å²) in [6.07, 6.45) is 6.35. The van der Waals surface area contributed by atoms with Gasteiger partial charge in [0.2, 0.25) is 0 Å². The summed E-state index contributed by atoms with van der Waals surface area (Å²) in [5.41, 5.74) is 5.58. The monoisotopic (exact) mass is 306 g/mol. The van der Waals surface area contributed by atoms with Crippen LogP contribution in [0.25, 0.3) is 23.8 Å². The summed E-state index contributed by atoms with van der Waals surface area (Å²) in [7, 11) is 1.36. The maximum atomic E-state index is 11.2. The minimum atomic E-state index is -0.370. The summed E-state index contributed by atoms with van der Waals surface area (Å²) in [6.45, 7) is 0.307. The standard InChI is InChI=1S/C20H18O3/c1-22-20(21)14-23-13-18-12-17-8-3-2-6-15(17)10-11-16-7-4-5-9-19(16)18/h2-12H,13-14H2,1H3/b11-10-,15-10?,16-11?,17-12?,18-12-,19-18?. The van der Waals surface area contributed by atoms with Gasteiger partial charge in [-0.1, -0.05) is 60.7 Å². The van der Waals surface area contributed by atoms with E-state index in [2.05, 4.69) is 47.2 Å². The maximum Gasteiger partial charge on any atom is 0.331 e. The number of methoxy groups -OCH3 is 1. The lowest BCUT2D eigenvalue weighted by atomic mass is 9.93. The van der Waals surface area contributed by atoms with Crippen molar-refractivity contribution in [2.75, 3.05) is 20.3 Å². The molecule has 0 heterocycles. The molecule has 2 aromatic rings. The van der Waals surface area contributed by atoms with Gasteiger partial charge in [-0.3, -0.25) is 0 Å². The van der Waals surface area contributed by atoms with E-state index >= 15 is 0 Å². The fourth-order valence-corrected chi connectivity index (χ4v) is 2.60. The van der Waals surface area contributed by atoms with Crippen LogP contribution in [-0.4, -0.2) is 26.3 Å². The zero-order valence-corrected chi connectivity index (χ0v) is 13.0. The zero-order valence-electron chi connectivity index (χ0n) is 13.0. The largest absolute Gasteiger partial charge is 0.467 e. The highest BCUT2D eigenvalue weighted by atomic mass is 16.6. The number of esters is 1. The molecule has 0 atom stereocenters. The van der Waals surface area contributed by atoms with Gasteiger partial charge in [-0.25, -0.2) is 4.79 Å². The summed E-state index contributed by atoms with van der Waals surface area (Å²) >= 11 is 0. The number of carbonyl (C=O) groups excluding carboxylic acids is 1. The average molecular weight is 306 g/mol. The number of hydrogen-bond donors (Lipinski definition) is 0. The lowest BCUT2D eigenvalue weighted by Crippen LogP contribution is -2.12. The Balaban J connectivity index is 1.95. The fraction of sp³-hybridized carbons (Fsp3) is 0.150. The van der Waals surface area contributed by atoms with Crippen molar-refractivity contribution < 1.29 is 14.3 Å². The van der Waals surface area contributed by atoms with E-state index in [0.717, 1.165) is 27.8 Å². The van der Waals surface area contributed by atoms with Crippen molar-refractivity contribution in [2.45, 2.75) is 0 Å². The fourth-order valence-electron chi connectivity index (χ4n) is 2.60. The van der Waals surface area contributed by atoms with Crippen LogP contribution in [0.1, 0.15) is 22.3 Å². The number of fused-ring (bicyclic) bond motifs is 2. The number of benzene rings is 2. The molecule has 3 rings (SSSR count). The molecule has 3 nitrogen and oxygen atoms in total. The first kappa shape index (κ1) is 15.3. The van der Waals surface area contributed by atoms with E-state index in [1.54, 1.807) is 0 Å². The van der Waals surface area contributed by atoms with Gasteiger partial charge in [-0.15, -0.1) is 0 Å². The van der Waals surface area contributed by atoms with Crippen LogP contribution in [0.2, 0.25) is 0 Å². The maximum absolute atomic E-state index is 11.2. The van der Waals surface area contributed by atoms with Crippen molar-refractivity contribution >= 4 is 29.8 Å². The van der Waals surface area contributed by atoms with Crippen molar-refractivity contribution in [1.29, 1.82) is 0 Å². The molecule has 0 unspecified atom stereocenters. The number of ether oxygens (including phenoxy) is 2. The first-order valence-corrected chi connectivity index (χ1v) is 7.49. The molecule has 3 heteroatoms. The first-order valence-electron chi connectivity index (χ1n) is 7.49. The molecule has 1 aliphatic carbocycles. The number of hydrogen-bond acceptors (Lipinski definition) is 3. The SMILES string of the molecule is COC(=O)COC/C1=C/c2ccccc2/C=C\c2ccccc21. The van der Waals surface area contributed by atoms with Crippen molar-refractivity contribution in [1.82, 2.24) is 0 Å². The molecule has 0 saturated heterocycles. The van der Waals surface area contributed by atoms with Crippen LogP contribution < -0.4 is 0 Å². The summed E-state index contributed by atoms with van der Waals surface area (Å²) in [5, 5.41) is 0. The van der Waals surface area contributed by atoms with Gasteiger partial charge in [-0.2, -0.15) is 0 Å². The van der Waals surface area contributed by atoms with E-state index in [9.17, 15) is 4.79 Å². The van der Waals surface area contributed by atoms with Gasteiger partial charge in [0.1, 0.15) is 6.61 Å². The van der Waals surface area contributed by atoms with Gasteiger partial charge in [0.15, 0.2) is 0 Å². The summed E-state index contributed by atoms with van der Waals surface area (Å²) in [5.74, 6) is -0.370. The Morgan fingerprint density at radius 3 is 2.35 bits per heavy atom. The second-order valence-corrected chi connectivity index (χ2v) is 5.29. The number of carbonyl (C=O) groups is 1. The van der Waals surface area contributed by atoms with Crippen molar-refractivity contribution in [3.8, 4) is 0 Å². The van der Waals surface area contributed by atoms with E-state index in [1.165, 1.54) is 7.11 Å². The Kier molecular flexibility index (Phi) is 4.69. The van der Waals surface area contributed by atoms with Gasteiger partial charge in [0.05, 0.1) is 13.7 Å². The molecule has 0 aromatic heterocycles. The second kappa shape index (κ2) is 7.07. The minimum Gasteiger partial charge on any atom is -0.467 e. The second-order valence-electron chi connectivity index (χ2n) is 5.29. The topological polar surface area (TPSA) is 35.5 Å². The third kappa shape index (κ3) is 3.58. The molecule has 0 radical (unpaired) electrons. The zero-order chi connectivity index (χ0) is 16.1. The van der Waals surface area contributed by atoms with E-state index in [-0.39, 0.29) is 12.6 Å². The van der Waals surface area contributed by atoms with Crippen molar-refractivity contribution in [2.24, 2.45) is 0 Å². The lowest BCUT2D eigenvalue weighted by Gasteiger charge is -2.15. The van der Waals surface area contributed by atoms with Crippen LogP contribution in [0.15, 0.2) is 48.5 Å². The normalized spacial score (nSPS) is 16.1. The van der Waals surface area contributed by atoms with Crippen molar-refractivity contribution in [3.05, 3.63) is 70.8 Å². The molecule has 0 spiro atoms. The van der Waals surface area contributed by atoms with Crippen LogP contribution >= 0.6 is 0 Å². The Labute approximate surface area is 135 Å². The Hall–Kier alpha value is -2.65. The van der Waals surface area contributed by atoms with Crippen LogP contribution in [0.3, 0.4) is 0 Å². The average Bonchev–Trinajstić information content (AvgIpc) is 2.58. The van der Waals surface area contributed by atoms with Crippen LogP contribution in [0.4, 0.5) is 0 Å². The Morgan fingerprint density at radius 2 is 1.57 bits per heavy atom. The predicted octanol–water partition coefficient (Wildman–Crippen LogP) is 3.90. The molecule has 0 bridgehead atoms. The van der Waals surface area contributed by atoms with Crippen LogP contribution in [0, 0.1) is 0 Å². The third-order valence-electron chi connectivity index (χ3n) is 3.78.